The van der Waals surface area contributed by atoms with Gasteiger partial charge in [0.1, 0.15) is 23.7 Å². The lowest BCUT2D eigenvalue weighted by Gasteiger charge is -2.28. The zero-order valence-electron chi connectivity index (χ0n) is 36.3. The van der Waals surface area contributed by atoms with Crippen LogP contribution in [0, 0.1) is 11.8 Å². The van der Waals surface area contributed by atoms with Crippen LogP contribution in [0.1, 0.15) is 98.3 Å². The lowest BCUT2D eigenvalue weighted by Crippen LogP contribution is -2.43. The Balaban J connectivity index is 0.745. The van der Waals surface area contributed by atoms with E-state index in [1.807, 2.05) is 82.9 Å². The van der Waals surface area contributed by atoms with Crippen molar-refractivity contribution < 1.29 is 19.2 Å². The maximum Gasteiger partial charge on any atom is 0.250 e. The molecule has 0 unspecified atom stereocenters. The van der Waals surface area contributed by atoms with Gasteiger partial charge >= 0.3 is 0 Å². The minimum Gasteiger partial charge on any atom is -0.340 e. The predicted molar refractivity (Wildman–Crippen MR) is 256 cm³/mol. The normalized spacial score (nSPS) is 19.2. The van der Waals surface area contributed by atoms with Crippen molar-refractivity contribution in [3.05, 3.63) is 144 Å². The lowest BCUT2D eigenvalue weighted by molar-refractivity contribution is -0.138. The molecule has 4 aliphatic rings. The van der Waals surface area contributed by atoms with Gasteiger partial charge < -0.3 is 30.4 Å². The van der Waals surface area contributed by atoms with Gasteiger partial charge in [-0.3, -0.25) is 19.2 Å². The van der Waals surface area contributed by atoms with Crippen LogP contribution in [0.4, 0.5) is 0 Å². The standard InChI is InChI=1S/C52H50N8O4S2/c61-49(35-19-20-35)57-45(33-9-3-1-4-10-33)51(63)59-27-7-13-39(59)47-53-29-37(55-47)43-25-23-41(65-43)31-15-17-32(18-16-31)42-24-26-44(66-42)38-30-54-48(56-38)40-14-8-28-60(40)52(64)46(34-11-5-2-6-12-34)58-50(62)36-21-22-36/h1-6,9-12,15-18,23-26,29-30,35-36,39-40,45-46H,7-8,13-14,19-22,27-28H2,(H,53,55)(H,54,56)(H,57,61)(H,58,62)/t39-,40-,45-,46-/m0/s1. The summed E-state index contributed by atoms with van der Waals surface area (Å²) in [6.07, 6.45) is 10.5. The number of H-pyrrole nitrogens is 2. The van der Waals surface area contributed by atoms with Crippen LogP contribution in [0.5, 0.6) is 0 Å². The molecule has 4 atom stereocenters. The molecule has 2 aliphatic carbocycles. The summed E-state index contributed by atoms with van der Waals surface area (Å²) in [6.45, 7) is 1.22. The van der Waals surface area contributed by atoms with Crippen molar-refractivity contribution in [2.75, 3.05) is 13.1 Å². The number of hydrogen-bond donors (Lipinski definition) is 4. The Morgan fingerprint density at radius 2 is 0.909 bits per heavy atom. The monoisotopic (exact) mass is 914 g/mol. The van der Waals surface area contributed by atoms with E-state index in [0.29, 0.717) is 13.1 Å². The highest BCUT2D eigenvalue weighted by molar-refractivity contribution is 7.19. The van der Waals surface area contributed by atoms with Crippen molar-refractivity contribution >= 4 is 46.3 Å². The molecule has 4 amide bonds. The number of nitrogens with zero attached hydrogens (tertiary/aromatic N) is 4. The second kappa shape index (κ2) is 18.0. The predicted octanol–water partition coefficient (Wildman–Crippen LogP) is 9.79. The Hall–Kier alpha value is -6.64. The van der Waals surface area contributed by atoms with Crippen LogP contribution in [0.15, 0.2) is 122 Å². The number of hydrogen-bond acceptors (Lipinski definition) is 8. The van der Waals surface area contributed by atoms with Crippen LogP contribution in [0.3, 0.4) is 0 Å². The molecule has 4 fully saturated rings. The van der Waals surface area contributed by atoms with E-state index in [9.17, 15) is 19.2 Å². The molecule has 6 heterocycles. The maximum absolute atomic E-state index is 14.1. The number of rotatable bonds is 14. The Labute approximate surface area is 390 Å². The molecule has 66 heavy (non-hydrogen) atoms. The highest BCUT2D eigenvalue weighted by atomic mass is 32.1. The molecule has 12 nitrogen and oxygen atoms in total. The van der Waals surface area contributed by atoms with E-state index in [1.54, 1.807) is 22.7 Å². The van der Waals surface area contributed by atoms with Crippen molar-refractivity contribution in [1.29, 1.82) is 0 Å². The van der Waals surface area contributed by atoms with Crippen LogP contribution < -0.4 is 10.6 Å². The minimum absolute atomic E-state index is 0.00270. The summed E-state index contributed by atoms with van der Waals surface area (Å²) >= 11 is 3.39. The van der Waals surface area contributed by atoms with Crippen LogP contribution in [-0.4, -0.2) is 66.5 Å². The molecule has 3 aromatic carbocycles. The summed E-state index contributed by atoms with van der Waals surface area (Å²) in [7, 11) is 0. The van der Waals surface area contributed by atoms with Crippen molar-refractivity contribution in [2.45, 2.75) is 75.5 Å². The van der Waals surface area contributed by atoms with E-state index in [4.69, 9.17) is 9.97 Å². The third kappa shape index (κ3) is 8.62. The van der Waals surface area contributed by atoms with Gasteiger partial charge in [-0.2, -0.15) is 0 Å². The van der Waals surface area contributed by atoms with E-state index >= 15 is 0 Å². The number of amides is 4. The number of aromatic amines is 2. The molecule has 2 aliphatic heterocycles. The molecule has 334 valence electrons. The van der Waals surface area contributed by atoms with Crippen LogP contribution >= 0.6 is 22.7 Å². The zero-order chi connectivity index (χ0) is 44.7. The Morgan fingerprint density at radius 3 is 1.30 bits per heavy atom. The first-order valence-electron chi connectivity index (χ1n) is 23.1. The second-order valence-electron chi connectivity index (χ2n) is 17.9. The molecule has 0 radical (unpaired) electrons. The number of benzene rings is 3. The average molecular weight is 915 g/mol. The minimum atomic E-state index is -0.728. The topological polar surface area (TPSA) is 156 Å². The van der Waals surface area contributed by atoms with Gasteiger partial charge in [0.15, 0.2) is 0 Å². The summed E-state index contributed by atoms with van der Waals surface area (Å²) in [5.41, 5.74) is 5.64. The van der Waals surface area contributed by atoms with Crippen LogP contribution in [-0.2, 0) is 19.2 Å². The lowest BCUT2D eigenvalue weighted by atomic mass is 10.0. The summed E-state index contributed by atoms with van der Waals surface area (Å²) in [5.74, 6) is 1.23. The Kier molecular flexibility index (Phi) is 11.4. The summed E-state index contributed by atoms with van der Waals surface area (Å²) < 4.78 is 0. The number of thiophene rings is 2. The van der Waals surface area contributed by atoms with Gasteiger partial charge in [-0.15, -0.1) is 22.7 Å². The van der Waals surface area contributed by atoms with Crippen molar-refractivity contribution in [2.24, 2.45) is 11.8 Å². The molecule has 2 saturated heterocycles. The fourth-order valence-corrected chi connectivity index (χ4v) is 11.3. The third-order valence-electron chi connectivity index (χ3n) is 13.3. The molecular weight excluding hydrogens is 865 g/mol. The first kappa shape index (κ1) is 42.0. The number of carbonyl (C=O) groups excluding carboxylic acids is 4. The molecule has 0 spiro atoms. The van der Waals surface area contributed by atoms with Crippen LogP contribution in [0.2, 0.25) is 0 Å². The van der Waals surface area contributed by atoms with Gasteiger partial charge in [0.05, 0.1) is 45.6 Å². The first-order valence-corrected chi connectivity index (χ1v) is 24.7. The van der Waals surface area contributed by atoms with Crippen molar-refractivity contribution in [1.82, 2.24) is 40.4 Å². The SMILES string of the molecule is O=C(N[C@H](C(=O)N1CCC[C@H]1c1ncc(-c2ccc(-c3ccc(-c4ccc(-c5cnc([C@@H]6CCCN6C(=O)[C@@H](NC(=O)C6CC6)c6ccccc6)[nH]5)s4)cc3)s2)[nH]1)c1ccccc1)C1CC1. The van der Waals surface area contributed by atoms with Gasteiger partial charge in [0, 0.05) is 34.7 Å². The van der Waals surface area contributed by atoms with Gasteiger partial charge in [-0.1, -0.05) is 84.9 Å². The van der Waals surface area contributed by atoms with Gasteiger partial charge in [-0.05, 0) is 97.9 Å². The number of imidazole rings is 2. The number of carbonyl (C=O) groups is 4. The first-order chi connectivity index (χ1) is 32.3. The van der Waals surface area contributed by atoms with E-state index in [0.717, 1.165) is 116 Å². The van der Waals surface area contributed by atoms with Crippen LogP contribution in [0.25, 0.3) is 42.0 Å². The largest absolute Gasteiger partial charge is 0.340 e. The average Bonchev–Trinajstić information content (AvgIpc) is 3.83. The number of likely N-dealkylation sites (tertiary alicyclic amines) is 2. The van der Waals surface area contributed by atoms with Gasteiger partial charge in [0.25, 0.3) is 0 Å². The summed E-state index contributed by atoms with van der Waals surface area (Å²) in [4.78, 5) is 78.8. The summed E-state index contributed by atoms with van der Waals surface area (Å²) in [5, 5.41) is 6.12. The summed E-state index contributed by atoms with van der Waals surface area (Å²) in [6, 6.07) is 34.3. The quantitative estimate of drug-likeness (QED) is 0.0852. The van der Waals surface area contributed by atoms with Gasteiger partial charge in [-0.25, -0.2) is 9.97 Å². The molecule has 7 aromatic rings. The number of nitrogens with one attached hydrogen (secondary N) is 4. The third-order valence-corrected chi connectivity index (χ3v) is 15.7. The van der Waals surface area contributed by atoms with E-state index in [-0.39, 0.29) is 47.5 Å². The number of aromatic nitrogens is 4. The fourth-order valence-electron chi connectivity index (χ4n) is 9.38. The van der Waals surface area contributed by atoms with E-state index < -0.39 is 12.1 Å². The Morgan fingerprint density at radius 1 is 0.515 bits per heavy atom. The fraction of sp³-hybridized carbons (Fsp3) is 0.308. The molecular formula is C52H50N8O4S2. The van der Waals surface area contributed by atoms with E-state index in [1.165, 1.54) is 0 Å². The van der Waals surface area contributed by atoms with Crippen molar-refractivity contribution in [3.8, 4) is 42.0 Å². The van der Waals surface area contributed by atoms with E-state index in [2.05, 4.69) is 69.1 Å². The molecule has 0 bridgehead atoms. The second-order valence-corrected chi connectivity index (χ2v) is 20.1. The van der Waals surface area contributed by atoms with Gasteiger partial charge in [0.2, 0.25) is 23.6 Å². The molecule has 11 rings (SSSR count). The molecule has 2 saturated carbocycles. The highest BCUT2D eigenvalue weighted by Gasteiger charge is 2.41. The molecule has 14 heteroatoms. The highest BCUT2D eigenvalue weighted by Crippen LogP contribution is 2.41. The van der Waals surface area contributed by atoms with Crippen molar-refractivity contribution in [3.63, 3.8) is 0 Å². The zero-order valence-corrected chi connectivity index (χ0v) is 38.0. The molecule has 4 N–H and O–H groups in total. The Bertz CT molecular complexity index is 2680. The molecule has 4 aromatic heterocycles. The maximum atomic E-state index is 14.1. The smallest absolute Gasteiger partial charge is 0.250 e.